The van der Waals surface area contributed by atoms with Crippen LogP contribution in [-0.2, 0) is 4.79 Å². The maximum absolute atomic E-state index is 14.0. The van der Waals surface area contributed by atoms with Crippen LogP contribution < -0.4 is 5.32 Å². The van der Waals surface area contributed by atoms with Crippen molar-refractivity contribution in [3.05, 3.63) is 47.2 Å². The molecule has 1 amide bonds. The number of carbonyl (C=O) groups excluding carboxylic acids is 1. The number of hydrogen-bond acceptors (Lipinski definition) is 5. The molecule has 24 heavy (non-hydrogen) atoms. The van der Waals surface area contributed by atoms with E-state index in [0.717, 1.165) is 18.2 Å². The summed E-state index contributed by atoms with van der Waals surface area (Å²) in [5.41, 5.74) is 0.761. The zero-order valence-corrected chi connectivity index (χ0v) is 13.0. The molecule has 1 aliphatic rings. The summed E-state index contributed by atoms with van der Waals surface area (Å²) in [7, 11) is 0. The number of nitrogens with one attached hydrogen (secondary N) is 1. The fourth-order valence-electron chi connectivity index (χ4n) is 2.93. The molecule has 1 aromatic carbocycles. The number of aliphatic hydroxyl groups excluding tert-OH is 1. The molecule has 0 aliphatic carbocycles. The third-order valence-electron chi connectivity index (χ3n) is 3.94. The molecule has 6 nitrogen and oxygen atoms in total. The van der Waals surface area contributed by atoms with Gasteiger partial charge in [0.2, 0.25) is 11.8 Å². The molecule has 1 fully saturated rings. The Hall–Kier alpha value is -2.32. The van der Waals surface area contributed by atoms with E-state index < -0.39 is 23.8 Å². The maximum atomic E-state index is 14.0. The van der Waals surface area contributed by atoms with Gasteiger partial charge in [0.25, 0.3) is 0 Å². The molecule has 0 unspecified atom stereocenters. The van der Waals surface area contributed by atoms with Crippen LogP contribution in [0.2, 0.25) is 0 Å². The number of aliphatic hydroxyl groups is 1. The maximum Gasteiger partial charge on any atom is 0.240 e. The van der Waals surface area contributed by atoms with Gasteiger partial charge in [0.15, 0.2) is 0 Å². The van der Waals surface area contributed by atoms with Crippen molar-refractivity contribution < 1.29 is 23.2 Å². The molecule has 2 aromatic rings. The average Bonchev–Trinajstić information content (AvgIpc) is 3.07. The molecule has 2 heterocycles. The Morgan fingerprint density at radius 1 is 1.46 bits per heavy atom. The molecule has 0 bridgehead atoms. The van der Waals surface area contributed by atoms with E-state index in [4.69, 9.17) is 4.52 Å². The Bertz CT molecular complexity index is 750. The van der Waals surface area contributed by atoms with E-state index >= 15 is 0 Å². The van der Waals surface area contributed by atoms with E-state index in [9.17, 15) is 18.7 Å². The van der Waals surface area contributed by atoms with Crippen molar-refractivity contribution in [1.82, 2.24) is 10.1 Å². The summed E-state index contributed by atoms with van der Waals surface area (Å²) in [4.78, 5) is 13.7. The highest BCUT2D eigenvalue weighted by atomic mass is 19.1. The number of halogens is 2. The molecular weight excluding hydrogens is 320 g/mol. The number of hydrogen-bond donors (Lipinski definition) is 2. The minimum absolute atomic E-state index is 0.0859. The second kappa shape index (κ2) is 6.66. The first-order chi connectivity index (χ1) is 11.4. The summed E-state index contributed by atoms with van der Waals surface area (Å²) in [5, 5.41) is 16.1. The third kappa shape index (κ3) is 3.60. The lowest BCUT2D eigenvalue weighted by Gasteiger charge is -2.24. The lowest BCUT2D eigenvalue weighted by molar-refractivity contribution is -0.117. The molecule has 2 atom stereocenters. The fraction of sp³-hybridized carbons (Fsp3) is 0.375. The van der Waals surface area contributed by atoms with Gasteiger partial charge in [-0.05, 0) is 31.5 Å². The summed E-state index contributed by atoms with van der Waals surface area (Å²) in [5.74, 6) is -1.30. The first-order valence-electron chi connectivity index (χ1n) is 7.52. The van der Waals surface area contributed by atoms with Gasteiger partial charge >= 0.3 is 0 Å². The van der Waals surface area contributed by atoms with Crippen molar-refractivity contribution >= 4 is 11.8 Å². The van der Waals surface area contributed by atoms with Crippen LogP contribution in [0.15, 0.2) is 28.8 Å². The van der Waals surface area contributed by atoms with Gasteiger partial charge in [0, 0.05) is 24.2 Å². The van der Waals surface area contributed by atoms with Crippen LogP contribution in [0.1, 0.15) is 23.7 Å². The molecule has 1 aliphatic heterocycles. The zero-order chi connectivity index (χ0) is 17.3. The minimum Gasteiger partial charge on any atom is -0.392 e. The van der Waals surface area contributed by atoms with Gasteiger partial charge in [-0.25, -0.2) is 8.78 Å². The number of nitrogens with zero attached hydrogens (tertiary/aromatic N) is 2. The van der Waals surface area contributed by atoms with Crippen molar-refractivity contribution in [2.45, 2.75) is 25.5 Å². The molecule has 128 valence electrons. The number of aromatic nitrogens is 1. The van der Waals surface area contributed by atoms with Crippen LogP contribution in [0.3, 0.4) is 0 Å². The molecule has 3 rings (SSSR count). The van der Waals surface area contributed by atoms with Gasteiger partial charge in [-0.2, -0.15) is 0 Å². The first kappa shape index (κ1) is 16.5. The molecule has 0 saturated carbocycles. The molecule has 8 heteroatoms. The molecule has 0 spiro atoms. The van der Waals surface area contributed by atoms with Crippen molar-refractivity contribution in [3.8, 4) is 0 Å². The van der Waals surface area contributed by atoms with Gasteiger partial charge in [-0.15, -0.1) is 0 Å². The SMILES string of the molecule is Cc1cc(NC(=O)CN2C[C@@H](O)C[C@H]2c2cc(F)ccc2F)on1. The van der Waals surface area contributed by atoms with Crippen LogP contribution in [-0.4, -0.2) is 40.3 Å². The number of rotatable bonds is 4. The normalized spacial score (nSPS) is 21.2. The Balaban J connectivity index is 1.73. The van der Waals surface area contributed by atoms with Crippen LogP contribution in [0.5, 0.6) is 0 Å². The summed E-state index contributed by atoms with van der Waals surface area (Å²) < 4.78 is 32.3. The van der Waals surface area contributed by atoms with E-state index in [0.29, 0.717) is 5.69 Å². The number of carbonyl (C=O) groups is 1. The third-order valence-corrected chi connectivity index (χ3v) is 3.94. The van der Waals surface area contributed by atoms with Gasteiger partial charge < -0.3 is 9.63 Å². The number of amides is 1. The molecule has 1 saturated heterocycles. The Kier molecular flexibility index (Phi) is 4.59. The minimum atomic E-state index is -0.710. The Labute approximate surface area is 137 Å². The highest BCUT2D eigenvalue weighted by Gasteiger charge is 2.35. The number of benzene rings is 1. The summed E-state index contributed by atoms with van der Waals surface area (Å²) in [6.07, 6.45) is -0.479. The highest BCUT2D eigenvalue weighted by Crippen LogP contribution is 2.33. The monoisotopic (exact) mass is 337 g/mol. The Morgan fingerprint density at radius 2 is 2.25 bits per heavy atom. The summed E-state index contributed by atoms with van der Waals surface area (Å²) in [6.45, 7) is 1.83. The fourth-order valence-corrected chi connectivity index (χ4v) is 2.93. The summed E-state index contributed by atoms with van der Waals surface area (Å²) in [6, 6.07) is 4.18. The average molecular weight is 337 g/mol. The largest absolute Gasteiger partial charge is 0.392 e. The van der Waals surface area contributed by atoms with E-state index in [1.807, 2.05) is 0 Å². The van der Waals surface area contributed by atoms with Crippen LogP contribution >= 0.6 is 0 Å². The Morgan fingerprint density at radius 3 is 2.96 bits per heavy atom. The first-order valence-corrected chi connectivity index (χ1v) is 7.52. The van der Waals surface area contributed by atoms with E-state index in [2.05, 4.69) is 10.5 Å². The lowest BCUT2D eigenvalue weighted by atomic mass is 10.0. The van der Waals surface area contributed by atoms with Gasteiger partial charge in [-0.1, -0.05) is 5.16 Å². The topological polar surface area (TPSA) is 78.6 Å². The quantitative estimate of drug-likeness (QED) is 0.892. The highest BCUT2D eigenvalue weighted by molar-refractivity contribution is 5.91. The van der Waals surface area contributed by atoms with Crippen LogP contribution in [0, 0.1) is 18.6 Å². The van der Waals surface area contributed by atoms with Crippen LogP contribution in [0.4, 0.5) is 14.7 Å². The van der Waals surface area contributed by atoms with E-state index in [-0.39, 0.29) is 36.9 Å². The predicted molar refractivity (Wildman–Crippen MR) is 81.2 cm³/mol. The molecule has 1 aromatic heterocycles. The second-order valence-electron chi connectivity index (χ2n) is 5.88. The van der Waals surface area contributed by atoms with Crippen molar-refractivity contribution in [1.29, 1.82) is 0 Å². The van der Waals surface area contributed by atoms with Gasteiger partial charge in [0.1, 0.15) is 11.6 Å². The number of β-amino-alcohol motifs (C(OH)–C–C–N with tert-alkyl or cyclic N) is 1. The van der Waals surface area contributed by atoms with E-state index in [1.54, 1.807) is 17.9 Å². The molecule has 2 N–H and O–H groups in total. The van der Waals surface area contributed by atoms with Gasteiger partial charge in [0.05, 0.1) is 18.3 Å². The summed E-state index contributed by atoms with van der Waals surface area (Å²) >= 11 is 0. The number of likely N-dealkylation sites (tertiary alicyclic amines) is 1. The van der Waals surface area contributed by atoms with E-state index in [1.165, 1.54) is 0 Å². The smallest absolute Gasteiger partial charge is 0.240 e. The van der Waals surface area contributed by atoms with Gasteiger partial charge in [-0.3, -0.25) is 15.0 Å². The molecular formula is C16H17F2N3O3. The second-order valence-corrected chi connectivity index (χ2v) is 5.88. The molecule has 0 radical (unpaired) electrons. The van der Waals surface area contributed by atoms with Crippen molar-refractivity contribution in [2.75, 3.05) is 18.4 Å². The number of aryl methyl sites for hydroxylation is 1. The van der Waals surface area contributed by atoms with Crippen molar-refractivity contribution in [2.24, 2.45) is 0 Å². The zero-order valence-electron chi connectivity index (χ0n) is 13.0. The van der Waals surface area contributed by atoms with Crippen molar-refractivity contribution in [3.63, 3.8) is 0 Å². The van der Waals surface area contributed by atoms with Crippen LogP contribution in [0.25, 0.3) is 0 Å². The standard InChI is InChI=1S/C16H17F2N3O3/c1-9-4-16(24-20-9)19-15(23)8-21-7-11(22)6-14(21)12-5-10(17)2-3-13(12)18/h2-5,11,14,22H,6-8H2,1H3,(H,19,23)/t11-,14-/m0/s1. The number of anilines is 1. The predicted octanol–water partition coefficient (Wildman–Crippen LogP) is 2.01. The lowest BCUT2D eigenvalue weighted by Crippen LogP contribution is -2.34.